The first-order valence-electron chi connectivity index (χ1n) is 7.48. The summed E-state index contributed by atoms with van der Waals surface area (Å²) in [7, 11) is 0. The molecule has 0 amide bonds. The summed E-state index contributed by atoms with van der Waals surface area (Å²) in [6.07, 6.45) is 1.36. The molecule has 2 heteroatoms. The maximum absolute atomic E-state index is 3.52. The number of rotatable bonds is 4. The maximum atomic E-state index is 3.52. The highest BCUT2D eigenvalue weighted by atomic mass is 15.2. The van der Waals surface area contributed by atoms with Crippen LogP contribution in [0.3, 0.4) is 0 Å². The Hall–Kier alpha value is -1.02. The number of likely N-dealkylation sites (tertiary alicyclic amines) is 1. The van der Waals surface area contributed by atoms with E-state index in [1.807, 2.05) is 0 Å². The molecule has 0 aliphatic carbocycles. The third-order valence-electron chi connectivity index (χ3n) is 4.27. The monoisotopic (exact) mass is 260 g/mol. The summed E-state index contributed by atoms with van der Waals surface area (Å²) in [5.41, 5.74) is 3.02. The fourth-order valence-corrected chi connectivity index (χ4v) is 2.86. The van der Waals surface area contributed by atoms with Crippen molar-refractivity contribution in [2.45, 2.75) is 34.1 Å². The van der Waals surface area contributed by atoms with Crippen LogP contribution in [-0.4, -0.2) is 31.1 Å². The summed E-state index contributed by atoms with van der Waals surface area (Å²) in [5, 5.41) is 3.52. The van der Waals surface area contributed by atoms with Gasteiger partial charge in [0.15, 0.2) is 0 Å². The lowest BCUT2D eigenvalue weighted by molar-refractivity contribution is 0.232. The van der Waals surface area contributed by atoms with Crippen molar-refractivity contribution >= 4 is 5.69 Å². The minimum atomic E-state index is 0.457. The van der Waals surface area contributed by atoms with E-state index >= 15 is 0 Å². The zero-order valence-corrected chi connectivity index (χ0v) is 12.9. The minimum absolute atomic E-state index is 0.457. The molecule has 2 nitrogen and oxygen atoms in total. The molecule has 1 aromatic carbocycles. The van der Waals surface area contributed by atoms with E-state index in [2.05, 4.69) is 62.2 Å². The molecule has 1 saturated heterocycles. The number of aryl methyl sites for hydroxylation is 1. The molecule has 1 N–H and O–H groups in total. The van der Waals surface area contributed by atoms with E-state index in [0.29, 0.717) is 5.41 Å². The van der Waals surface area contributed by atoms with Crippen molar-refractivity contribution < 1.29 is 0 Å². The van der Waals surface area contributed by atoms with Crippen LogP contribution in [0.5, 0.6) is 0 Å². The van der Waals surface area contributed by atoms with E-state index in [4.69, 9.17) is 0 Å². The first-order chi connectivity index (χ1) is 8.95. The number of anilines is 1. The van der Waals surface area contributed by atoms with Crippen molar-refractivity contribution in [1.82, 2.24) is 4.90 Å². The predicted molar refractivity (Wildman–Crippen MR) is 83.7 cm³/mol. The van der Waals surface area contributed by atoms with Gasteiger partial charge in [-0.15, -0.1) is 0 Å². The molecule has 0 aromatic heterocycles. The Kier molecular flexibility index (Phi) is 4.51. The van der Waals surface area contributed by atoms with Crippen LogP contribution >= 0.6 is 0 Å². The van der Waals surface area contributed by atoms with Crippen LogP contribution in [-0.2, 0) is 0 Å². The molecule has 106 valence electrons. The molecular formula is C17H28N2. The lowest BCUT2D eigenvalue weighted by Gasteiger charge is -2.27. The van der Waals surface area contributed by atoms with Crippen molar-refractivity contribution in [2.75, 3.05) is 31.5 Å². The Morgan fingerprint density at radius 2 is 2.11 bits per heavy atom. The predicted octanol–water partition coefficient (Wildman–Crippen LogP) is 3.77. The zero-order chi connectivity index (χ0) is 13.9. The number of hydrogen-bond donors (Lipinski definition) is 1. The molecule has 19 heavy (non-hydrogen) atoms. The lowest BCUT2D eigenvalue weighted by Crippen LogP contribution is -2.29. The molecule has 1 aliphatic heterocycles. The summed E-state index contributed by atoms with van der Waals surface area (Å²) in [6.45, 7) is 14.0. The average molecular weight is 260 g/mol. The standard InChI is InChI=1S/C17H28N2/c1-14-6-5-7-16(12-14)18-9-11-19-10-8-15(13-19)17(2,3)4/h5-7,12,15,18H,8-11,13H2,1-4H3. The van der Waals surface area contributed by atoms with Crippen molar-refractivity contribution in [3.8, 4) is 0 Å². The molecular weight excluding hydrogens is 232 g/mol. The molecule has 0 spiro atoms. The van der Waals surface area contributed by atoms with Gasteiger partial charge >= 0.3 is 0 Å². The van der Waals surface area contributed by atoms with E-state index in [9.17, 15) is 0 Å². The van der Waals surface area contributed by atoms with Crippen molar-refractivity contribution in [2.24, 2.45) is 11.3 Å². The Morgan fingerprint density at radius 1 is 1.32 bits per heavy atom. The highest BCUT2D eigenvalue weighted by molar-refractivity contribution is 5.45. The fourth-order valence-electron chi connectivity index (χ4n) is 2.86. The third-order valence-corrected chi connectivity index (χ3v) is 4.27. The molecule has 2 rings (SSSR count). The second-order valence-corrected chi connectivity index (χ2v) is 6.95. The van der Waals surface area contributed by atoms with Crippen LogP contribution in [0, 0.1) is 18.3 Å². The zero-order valence-electron chi connectivity index (χ0n) is 12.9. The highest BCUT2D eigenvalue weighted by Gasteiger charge is 2.31. The van der Waals surface area contributed by atoms with Gasteiger partial charge in [0, 0.05) is 25.3 Å². The Bertz CT molecular complexity index is 406. The molecule has 1 fully saturated rings. The van der Waals surface area contributed by atoms with Crippen LogP contribution in [0.4, 0.5) is 5.69 Å². The van der Waals surface area contributed by atoms with E-state index in [1.54, 1.807) is 0 Å². The Balaban J connectivity index is 1.73. The fraction of sp³-hybridized carbons (Fsp3) is 0.647. The van der Waals surface area contributed by atoms with E-state index in [1.165, 1.54) is 30.8 Å². The first kappa shape index (κ1) is 14.4. The molecule has 1 unspecified atom stereocenters. The summed E-state index contributed by atoms with van der Waals surface area (Å²) in [4.78, 5) is 2.60. The van der Waals surface area contributed by atoms with Crippen LogP contribution in [0.25, 0.3) is 0 Å². The van der Waals surface area contributed by atoms with Crippen LogP contribution in [0.2, 0.25) is 0 Å². The average Bonchev–Trinajstić information content (AvgIpc) is 2.77. The normalized spacial score (nSPS) is 20.7. The molecule has 1 aliphatic rings. The van der Waals surface area contributed by atoms with Crippen molar-refractivity contribution in [3.63, 3.8) is 0 Å². The largest absolute Gasteiger partial charge is 0.384 e. The van der Waals surface area contributed by atoms with Crippen LogP contribution in [0.15, 0.2) is 24.3 Å². The van der Waals surface area contributed by atoms with Gasteiger partial charge in [-0.05, 0) is 48.9 Å². The molecule has 1 aromatic rings. The quantitative estimate of drug-likeness (QED) is 0.886. The smallest absolute Gasteiger partial charge is 0.0343 e. The van der Waals surface area contributed by atoms with Gasteiger partial charge in [0.1, 0.15) is 0 Å². The molecule has 0 bridgehead atoms. The van der Waals surface area contributed by atoms with Gasteiger partial charge < -0.3 is 10.2 Å². The van der Waals surface area contributed by atoms with Crippen molar-refractivity contribution in [1.29, 1.82) is 0 Å². The first-order valence-corrected chi connectivity index (χ1v) is 7.48. The number of nitrogens with one attached hydrogen (secondary N) is 1. The second-order valence-electron chi connectivity index (χ2n) is 6.95. The molecule has 1 atom stereocenters. The van der Waals surface area contributed by atoms with Gasteiger partial charge in [-0.3, -0.25) is 0 Å². The van der Waals surface area contributed by atoms with Gasteiger partial charge in [0.2, 0.25) is 0 Å². The van der Waals surface area contributed by atoms with Gasteiger partial charge in [-0.25, -0.2) is 0 Å². The van der Waals surface area contributed by atoms with Gasteiger partial charge in [-0.2, -0.15) is 0 Å². The molecule has 0 radical (unpaired) electrons. The van der Waals surface area contributed by atoms with E-state index in [-0.39, 0.29) is 0 Å². The summed E-state index contributed by atoms with van der Waals surface area (Å²) in [5.74, 6) is 0.853. The Labute approximate surface area is 118 Å². The van der Waals surface area contributed by atoms with E-state index < -0.39 is 0 Å². The topological polar surface area (TPSA) is 15.3 Å². The van der Waals surface area contributed by atoms with Gasteiger partial charge in [0.05, 0.1) is 0 Å². The summed E-state index contributed by atoms with van der Waals surface area (Å²) in [6, 6.07) is 8.61. The highest BCUT2D eigenvalue weighted by Crippen LogP contribution is 2.33. The van der Waals surface area contributed by atoms with Gasteiger partial charge in [-0.1, -0.05) is 32.9 Å². The maximum Gasteiger partial charge on any atom is 0.0343 e. The van der Waals surface area contributed by atoms with Crippen molar-refractivity contribution in [3.05, 3.63) is 29.8 Å². The van der Waals surface area contributed by atoms with Gasteiger partial charge in [0.25, 0.3) is 0 Å². The molecule has 0 saturated carbocycles. The van der Waals surface area contributed by atoms with Crippen LogP contribution < -0.4 is 5.32 Å². The number of benzene rings is 1. The SMILES string of the molecule is Cc1cccc(NCCN2CCC(C(C)(C)C)C2)c1. The summed E-state index contributed by atoms with van der Waals surface area (Å²) < 4.78 is 0. The Morgan fingerprint density at radius 3 is 2.74 bits per heavy atom. The minimum Gasteiger partial charge on any atom is -0.384 e. The lowest BCUT2D eigenvalue weighted by atomic mass is 9.80. The number of nitrogens with zero attached hydrogens (tertiary/aromatic N) is 1. The van der Waals surface area contributed by atoms with E-state index in [0.717, 1.165) is 19.0 Å². The second kappa shape index (κ2) is 5.96. The number of hydrogen-bond acceptors (Lipinski definition) is 2. The molecule has 1 heterocycles. The summed E-state index contributed by atoms with van der Waals surface area (Å²) >= 11 is 0. The third kappa shape index (κ3) is 4.24. The van der Waals surface area contributed by atoms with Crippen LogP contribution in [0.1, 0.15) is 32.8 Å².